The number of nitrogens with zero attached hydrogens (tertiary/aromatic N) is 4. The van der Waals surface area contributed by atoms with Crippen LogP contribution < -0.4 is 0 Å². The van der Waals surface area contributed by atoms with Crippen LogP contribution >= 0.6 is 0 Å². The van der Waals surface area contributed by atoms with Gasteiger partial charge in [-0.1, -0.05) is 5.16 Å². The second-order valence-corrected chi connectivity index (χ2v) is 5.88. The molecule has 0 N–H and O–H groups in total. The monoisotopic (exact) mass is 304 g/mol. The summed E-state index contributed by atoms with van der Waals surface area (Å²) >= 11 is 0. The molecule has 0 saturated carbocycles. The molecule has 0 aromatic carbocycles. The molecule has 3 heterocycles. The Morgan fingerprint density at radius 2 is 2.27 bits per heavy atom. The van der Waals surface area contributed by atoms with Crippen molar-refractivity contribution >= 4 is 0 Å². The summed E-state index contributed by atoms with van der Waals surface area (Å²) in [6.45, 7) is 10.3. The molecule has 120 valence electrons. The minimum atomic E-state index is 0.366. The second-order valence-electron chi connectivity index (χ2n) is 5.88. The molecular weight excluding hydrogens is 280 g/mol. The van der Waals surface area contributed by atoms with Crippen LogP contribution in [0.25, 0.3) is 0 Å². The topological polar surface area (TPSA) is 56.3 Å². The molecule has 2 aromatic rings. The lowest BCUT2D eigenvalue weighted by Crippen LogP contribution is -2.37. The number of hydrogen-bond donors (Lipinski definition) is 0. The summed E-state index contributed by atoms with van der Waals surface area (Å²) in [4.78, 5) is 2.44. The van der Waals surface area contributed by atoms with Crippen LogP contribution in [0.2, 0.25) is 0 Å². The molecule has 0 bridgehead atoms. The first kappa shape index (κ1) is 15.2. The van der Waals surface area contributed by atoms with Crippen molar-refractivity contribution in [3.05, 3.63) is 35.0 Å². The van der Waals surface area contributed by atoms with Crippen molar-refractivity contribution in [2.45, 2.75) is 46.3 Å². The third-order valence-corrected chi connectivity index (χ3v) is 4.32. The van der Waals surface area contributed by atoms with E-state index in [4.69, 9.17) is 9.26 Å². The van der Waals surface area contributed by atoms with Gasteiger partial charge >= 0.3 is 0 Å². The van der Waals surface area contributed by atoms with Crippen molar-refractivity contribution in [2.75, 3.05) is 19.8 Å². The average molecular weight is 304 g/mol. The number of aromatic nitrogens is 3. The molecule has 0 spiro atoms. The lowest BCUT2D eigenvalue weighted by Gasteiger charge is -2.33. The van der Waals surface area contributed by atoms with Crippen LogP contribution in [0.3, 0.4) is 0 Å². The van der Waals surface area contributed by atoms with Crippen LogP contribution in [-0.2, 0) is 17.8 Å². The molecular formula is C16H24N4O2. The third-order valence-electron chi connectivity index (χ3n) is 4.32. The van der Waals surface area contributed by atoms with Crippen LogP contribution in [0, 0.1) is 13.8 Å². The molecule has 1 aliphatic rings. The van der Waals surface area contributed by atoms with Gasteiger partial charge in [0.15, 0.2) is 0 Å². The smallest absolute Gasteiger partial charge is 0.138 e. The fourth-order valence-corrected chi connectivity index (χ4v) is 3.11. The van der Waals surface area contributed by atoms with Crippen LogP contribution in [-0.4, -0.2) is 39.6 Å². The summed E-state index contributed by atoms with van der Waals surface area (Å²) in [6.07, 6.45) is 2.88. The van der Waals surface area contributed by atoms with Crippen LogP contribution in [0.4, 0.5) is 0 Å². The molecule has 0 aliphatic carbocycles. The maximum absolute atomic E-state index is 5.52. The molecule has 0 unspecified atom stereocenters. The van der Waals surface area contributed by atoms with Gasteiger partial charge in [0.05, 0.1) is 17.4 Å². The van der Waals surface area contributed by atoms with Crippen molar-refractivity contribution in [1.82, 2.24) is 19.8 Å². The first-order chi connectivity index (χ1) is 10.7. The van der Waals surface area contributed by atoms with E-state index in [-0.39, 0.29) is 0 Å². The van der Waals surface area contributed by atoms with Crippen molar-refractivity contribution < 1.29 is 9.26 Å². The highest BCUT2D eigenvalue weighted by molar-refractivity contribution is 5.21. The van der Waals surface area contributed by atoms with E-state index in [1.807, 2.05) is 27.0 Å². The number of fused-ring (bicyclic) bond motifs is 1. The Kier molecular flexibility index (Phi) is 4.59. The quantitative estimate of drug-likeness (QED) is 0.767. The summed E-state index contributed by atoms with van der Waals surface area (Å²) in [5.74, 6) is 0.919. The highest BCUT2D eigenvalue weighted by Crippen LogP contribution is 2.25. The van der Waals surface area contributed by atoms with E-state index in [0.29, 0.717) is 6.04 Å². The van der Waals surface area contributed by atoms with Gasteiger partial charge in [-0.3, -0.25) is 9.58 Å². The largest absolute Gasteiger partial charge is 0.382 e. The van der Waals surface area contributed by atoms with Gasteiger partial charge in [-0.15, -0.1) is 0 Å². The van der Waals surface area contributed by atoms with E-state index in [0.717, 1.165) is 50.7 Å². The zero-order valence-corrected chi connectivity index (χ0v) is 13.6. The fourth-order valence-electron chi connectivity index (χ4n) is 3.11. The molecule has 0 fully saturated rings. The van der Waals surface area contributed by atoms with Gasteiger partial charge in [0.1, 0.15) is 5.76 Å². The molecule has 6 heteroatoms. The minimum absolute atomic E-state index is 0.366. The van der Waals surface area contributed by atoms with E-state index in [9.17, 15) is 0 Å². The zero-order valence-electron chi connectivity index (χ0n) is 13.6. The SMILES string of the molecule is CCOCC[C@H]1CN(Cc2c(C)noc2C)Cc2ccnn21. The van der Waals surface area contributed by atoms with Gasteiger partial charge < -0.3 is 9.26 Å². The van der Waals surface area contributed by atoms with Gasteiger partial charge in [-0.25, -0.2) is 0 Å². The molecule has 0 saturated heterocycles. The number of aryl methyl sites for hydroxylation is 2. The van der Waals surface area contributed by atoms with Gasteiger partial charge in [-0.05, 0) is 33.3 Å². The summed E-state index contributed by atoms with van der Waals surface area (Å²) in [5.41, 5.74) is 3.46. The molecule has 22 heavy (non-hydrogen) atoms. The molecule has 3 rings (SSSR count). The fraction of sp³-hybridized carbons (Fsp3) is 0.625. The van der Waals surface area contributed by atoms with Crippen LogP contribution in [0.1, 0.15) is 42.1 Å². The van der Waals surface area contributed by atoms with Crippen LogP contribution in [0.5, 0.6) is 0 Å². The van der Waals surface area contributed by atoms with Gasteiger partial charge in [0, 0.05) is 44.6 Å². The second kappa shape index (κ2) is 6.62. The summed E-state index contributed by atoms with van der Waals surface area (Å²) in [5, 5.41) is 8.54. The molecule has 6 nitrogen and oxygen atoms in total. The van der Waals surface area contributed by atoms with Crippen molar-refractivity contribution in [3.63, 3.8) is 0 Å². The summed E-state index contributed by atoms with van der Waals surface area (Å²) < 4.78 is 13.0. The van der Waals surface area contributed by atoms with Crippen molar-refractivity contribution in [3.8, 4) is 0 Å². The predicted molar refractivity (Wildman–Crippen MR) is 82.5 cm³/mol. The van der Waals surface area contributed by atoms with E-state index in [1.165, 1.54) is 11.3 Å². The Balaban J connectivity index is 1.72. The summed E-state index contributed by atoms with van der Waals surface area (Å²) in [6, 6.07) is 2.47. The first-order valence-electron chi connectivity index (χ1n) is 7.93. The minimum Gasteiger partial charge on any atom is -0.382 e. The summed E-state index contributed by atoms with van der Waals surface area (Å²) in [7, 11) is 0. The Morgan fingerprint density at radius 3 is 3.00 bits per heavy atom. The van der Waals surface area contributed by atoms with E-state index >= 15 is 0 Å². The Morgan fingerprint density at radius 1 is 1.41 bits per heavy atom. The Bertz CT molecular complexity index is 600. The van der Waals surface area contributed by atoms with Crippen LogP contribution in [0.15, 0.2) is 16.8 Å². The highest BCUT2D eigenvalue weighted by Gasteiger charge is 2.26. The lowest BCUT2D eigenvalue weighted by molar-refractivity contribution is 0.103. The molecule has 1 atom stereocenters. The zero-order chi connectivity index (χ0) is 15.5. The van der Waals surface area contributed by atoms with E-state index in [2.05, 4.69) is 25.9 Å². The van der Waals surface area contributed by atoms with Gasteiger partial charge in [-0.2, -0.15) is 5.10 Å². The van der Waals surface area contributed by atoms with Gasteiger partial charge in [0.2, 0.25) is 0 Å². The maximum atomic E-state index is 5.52. The number of ether oxygens (including phenoxy) is 1. The number of hydrogen-bond acceptors (Lipinski definition) is 5. The van der Waals surface area contributed by atoms with E-state index < -0.39 is 0 Å². The first-order valence-corrected chi connectivity index (χ1v) is 7.93. The third kappa shape index (κ3) is 3.08. The normalized spacial score (nSPS) is 18.6. The van der Waals surface area contributed by atoms with Crippen molar-refractivity contribution in [2.24, 2.45) is 0 Å². The molecule has 0 radical (unpaired) electrons. The highest BCUT2D eigenvalue weighted by atomic mass is 16.5. The van der Waals surface area contributed by atoms with E-state index in [1.54, 1.807) is 0 Å². The number of rotatable bonds is 6. The molecule has 2 aromatic heterocycles. The van der Waals surface area contributed by atoms with Crippen molar-refractivity contribution in [1.29, 1.82) is 0 Å². The van der Waals surface area contributed by atoms with Gasteiger partial charge in [0.25, 0.3) is 0 Å². The Labute approximate surface area is 131 Å². The molecule has 0 amide bonds. The average Bonchev–Trinajstić information content (AvgIpc) is 3.09. The standard InChI is InChI=1S/C16H24N4O2/c1-4-21-8-6-15-10-19(9-14-5-7-17-20(14)15)11-16-12(2)18-22-13(16)3/h5,7,15H,4,6,8-11H2,1-3H3/t15-/m0/s1. The lowest BCUT2D eigenvalue weighted by atomic mass is 10.1. The molecule has 1 aliphatic heterocycles. The Hall–Kier alpha value is -1.66. The maximum Gasteiger partial charge on any atom is 0.138 e. The predicted octanol–water partition coefficient (Wildman–Crippen LogP) is 2.47.